The Labute approximate surface area is 130 Å². The van der Waals surface area contributed by atoms with Gasteiger partial charge in [0.2, 0.25) is 0 Å². The van der Waals surface area contributed by atoms with Gasteiger partial charge < -0.3 is 14.9 Å². The van der Waals surface area contributed by atoms with E-state index in [4.69, 9.17) is 4.74 Å². The van der Waals surface area contributed by atoms with Gasteiger partial charge in [-0.05, 0) is 28.1 Å². The summed E-state index contributed by atoms with van der Waals surface area (Å²) in [4.78, 5) is 3.38. The standard InChI is InChI=1S/C12H20F4N2O3S/c1-11(20,12(14,15)16)8-7(19)5(13)6-9(21-8)22-10(17(2)3)18(6)4/h5-10,19-20H,1-4H3/t5-,6+,7-,8-,9+,10?,11?/m0/s1. The number of halogens is 4. The number of rotatable bonds is 2. The molecule has 7 atom stereocenters. The number of alkyl halides is 4. The van der Waals surface area contributed by atoms with Gasteiger partial charge in [0, 0.05) is 0 Å². The first-order valence-corrected chi connectivity index (χ1v) is 7.64. The Morgan fingerprint density at radius 2 is 1.82 bits per heavy atom. The van der Waals surface area contributed by atoms with Crippen molar-refractivity contribution in [3.63, 3.8) is 0 Å². The van der Waals surface area contributed by atoms with Crippen LogP contribution in [0.1, 0.15) is 6.92 Å². The molecule has 10 heteroatoms. The number of ether oxygens (including phenoxy) is 1. The molecule has 0 aromatic carbocycles. The molecule has 0 bridgehead atoms. The summed E-state index contributed by atoms with van der Waals surface area (Å²) in [7, 11) is 5.12. The Kier molecular flexibility index (Phi) is 4.76. The molecule has 2 saturated heterocycles. The van der Waals surface area contributed by atoms with E-state index < -0.39 is 41.6 Å². The van der Waals surface area contributed by atoms with Crippen LogP contribution in [0.2, 0.25) is 0 Å². The zero-order valence-electron chi connectivity index (χ0n) is 12.6. The average Bonchev–Trinajstić information content (AvgIpc) is 2.69. The highest BCUT2D eigenvalue weighted by atomic mass is 32.2. The maximum atomic E-state index is 14.5. The molecule has 2 heterocycles. The second-order valence-corrected chi connectivity index (χ2v) is 7.25. The van der Waals surface area contributed by atoms with E-state index in [1.54, 1.807) is 30.9 Å². The van der Waals surface area contributed by atoms with Crippen molar-refractivity contribution in [2.24, 2.45) is 0 Å². The van der Waals surface area contributed by atoms with Gasteiger partial charge in [-0.25, -0.2) is 4.39 Å². The Morgan fingerprint density at radius 3 is 2.27 bits per heavy atom. The molecule has 0 aromatic rings. The summed E-state index contributed by atoms with van der Waals surface area (Å²) in [5, 5.41) is 19.6. The predicted octanol–water partition coefficient (Wildman–Crippen LogP) is 0.616. The average molecular weight is 348 g/mol. The van der Waals surface area contributed by atoms with Crippen molar-refractivity contribution < 1.29 is 32.5 Å². The molecule has 2 rings (SSSR count). The zero-order chi connectivity index (χ0) is 17.0. The molecule has 2 unspecified atom stereocenters. The number of likely N-dealkylation sites (N-methyl/N-ethyl adjacent to an activating group) is 1. The lowest BCUT2D eigenvalue weighted by atomic mass is 9.87. The number of aliphatic hydroxyl groups is 2. The van der Waals surface area contributed by atoms with Gasteiger partial charge in [0.15, 0.2) is 5.60 Å². The predicted molar refractivity (Wildman–Crippen MR) is 72.9 cm³/mol. The molecule has 130 valence electrons. The molecule has 5 nitrogen and oxygen atoms in total. The molecule has 0 radical (unpaired) electrons. The van der Waals surface area contributed by atoms with E-state index in [1.165, 1.54) is 0 Å². The van der Waals surface area contributed by atoms with Crippen LogP contribution in [0.5, 0.6) is 0 Å². The van der Waals surface area contributed by atoms with Crippen LogP contribution in [-0.4, -0.2) is 88.3 Å². The van der Waals surface area contributed by atoms with Gasteiger partial charge >= 0.3 is 6.18 Å². The normalized spacial score (nSPS) is 43.2. The largest absolute Gasteiger partial charge is 0.419 e. The van der Waals surface area contributed by atoms with E-state index in [0.29, 0.717) is 6.92 Å². The molecule has 0 saturated carbocycles. The Hall–Kier alpha value is -0.130. The Balaban J connectivity index is 2.28. The van der Waals surface area contributed by atoms with Gasteiger partial charge in [-0.2, -0.15) is 13.2 Å². The van der Waals surface area contributed by atoms with Crippen LogP contribution in [0.25, 0.3) is 0 Å². The molecule has 0 aromatic heterocycles. The second kappa shape index (κ2) is 5.75. The topological polar surface area (TPSA) is 56.2 Å². The Bertz CT molecular complexity index is 424. The first-order valence-electron chi connectivity index (χ1n) is 6.70. The molecule has 2 fully saturated rings. The zero-order valence-corrected chi connectivity index (χ0v) is 13.4. The quantitative estimate of drug-likeness (QED) is 0.714. The second-order valence-electron chi connectivity index (χ2n) is 6.09. The van der Waals surface area contributed by atoms with Crippen molar-refractivity contribution in [2.75, 3.05) is 21.1 Å². The highest BCUT2D eigenvalue weighted by Crippen LogP contribution is 2.47. The summed E-state index contributed by atoms with van der Waals surface area (Å²) in [5.74, 6) is 0. The SMILES string of the molecule is CN(C)C1S[C@H]2O[C@H](C(C)(O)C(F)(F)F)[C@@H](O)[C@@H](F)[C@H]2N1C. The number of fused-ring (bicyclic) bond motifs is 1. The van der Waals surface area contributed by atoms with Crippen LogP contribution < -0.4 is 0 Å². The van der Waals surface area contributed by atoms with Crippen molar-refractivity contribution in [2.45, 2.75) is 54.1 Å². The van der Waals surface area contributed by atoms with E-state index in [1.807, 2.05) is 0 Å². The summed E-state index contributed by atoms with van der Waals surface area (Å²) in [6.45, 7) is 0.487. The van der Waals surface area contributed by atoms with Gasteiger partial charge in [0.25, 0.3) is 0 Å². The van der Waals surface area contributed by atoms with Crippen LogP contribution >= 0.6 is 11.8 Å². The number of thioether (sulfide) groups is 1. The van der Waals surface area contributed by atoms with Crippen LogP contribution in [0.15, 0.2) is 0 Å². The Morgan fingerprint density at radius 1 is 1.27 bits per heavy atom. The fourth-order valence-corrected chi connectivity index (χ4v) is 4.33. The third kappa shape index (κ3) is 2.73. The molecule has 0 aliphatic carbocycles. The van der Waals surface area contributed by atoms with Gasteiger partial charge in [0.1, 0.15) is 29.3 Å². The molecule has 0 amide bonds. The first kappa shape index (κ1) is 18.2. The third-order valence-electron chi connectivity index (χ3n) is 4.17. The van der Waals surface area contributed by atoms with Gasteiger partial charge in [0.05, 0.1) is 6.04 Å². The third-order valence-corrected chi connectivity index (χ3v) is 5.82. The molecule has 2 N–H and O–H groups in total. The van der Waals surface area contributed by atoms with Crippen molar-refractivity contribution in [1.82, 2.24) is 9.80 Å². The van der Waals surface area contributed by atoms with E-state index in [-0.39, 0.29) is 5.50 Å². The number of hydrogen-bond acceptors (Lipinski definition) is 6. The highest BCUT2D eigenvalue weighted by Gasteiger charge is 2.64. The van der Waals surface area contributed by atoms with Crippen molar-refractivity contribution in [3.05, 3.63) is 0 Å². The molecule has 2 aliphatic heterocycles. The smallest absolute Gasteiger partial charge is 0.387 e. The summed E-state index contributed by atoms with van der Waals surface area (Å²) >= 11 is 1.15. The molecule has 0 spiro atoms. The number of aliphatic hydroxyl groups excluding tert-OH is 1. The van der Waals surface area contributed by atoms with Crippen LogP contribution in [0.4, 0.5) is 17.6 Å². The summed E-state index contributed by atoms with van der Waals surface area (Å²) < 4.78 is 58.6. The minimum absolute atomic E-state index is 0.296. The van der Waals surface area contributed by atoms with Gasteiger partial charge in [-0.15, -0.1) is 0 Å². The fraction of sp³-hybridized carbons (Fsp3) is 1.00. The number of nitrogens with zero attached hydrogens (tertiary/aromatic N) is 2. The van der Waals surface area contributed by atoms with Gasteiger partial charge in [-0.3, -0.25) is 9.80 Å². The molecular weight excluding hydrogens is 328 g/mol. The van der Waals surface area contributed by atoms with Crippen LogP contribution in [0.3, 0.4) is 0 Å². The number of hydrogen-bond donors (Lipinski definition) is 2. The summed E-state index contributed by atoms with van der Waals surface area (Å²) in [6, 6.07) is -0.882. The van der Waals surface area contributed by atoms with E-state index >= 15 is 0 Å². The van der Waals surface area contributed by atoms with Crippen LogP contribution in [0, 0.1) is 0 Å². The van der Waals surface area contributed by atoms with E-state index in [9.17, 15) is 27.8 Å². The van der Waals surface area contributed by atoms with Gasteiger partial charge in [-0.1, -0.05) is 11.8 Å². The lowest BCUT2D eigenvalue weighted by Gasteiger charge is -2.45. The maximum absolute atomic E-state index is 14.5. The lowest BCUT2D eigenvalue weighted by molar-refractivity contribution is -0.317. The minimum atomic E-state index is -5.04. The van der Waals surface area contributed by atoms with E-state index in [2.05, 4.69) is 0 Å². The van der Waals surface area contributed by atoms with E-state index in [0.717, 1.165) is 11.8 Å². The molecule has 2 aliphatic rings. The minimum Gasteiger partial charge on any atom is -0.387 e. The van der Waals surface area contributed by atoms with Crippen molar-refractivity contribution in [3.8, 4) is 0 Å². The molecular formula is C12H20F4N2O3S. The monoisotopic (exact) mass is 348 g/mol. The lowest BCUT2D eigenvalue weighted by Crippen LogP contribution is -2.67. The summed E-state index contributed by atoms with van der Waals surface area (Å²) in [6.07, 6.45) is -11.1. The molecule has 22 heavy (non-hydrogen) atoms. The van der Waals surface area contributed by atoms with Crippen molar-refractivity contribution in [1.29, 1.82) is 0 Å². The fourth-order valence-electron chi connectivity index (χ4n) is 2.83. The maximum Gasteiger partial charge on any atom is 0.419 e. The highest BCUT2D eigenvalue weighted by molar-refractivity contribution is 8.00. The van der Waals surface area contributed by atoms with Crippen LogP contribution in [-0.2, 0) is 4.74 Å². The summed E-state index contributed by atoms with van der Waals surface area (Å²) in [5.41, 5.74) is -4.54. The van der Waals surface area contributed by atoms with Crippen molar-refractivity contribution >= 4 is 11.8 Å². The first-order chi connectivity index (χ1) is 9.89.